The molecule has 69 heavy (non-hydrogen) atoms. The van der Waals surface area contributed by atoms with Gasteiger partial charge in [-0.2, -0.15) is 0 Å². The Hall–Kier alpha value is -5.27. The smallest absolute Gasteiger partial charge is 0.326 e. The first-order valence-corrected chi connectivity index (χ1v) is 24.4. The molecule has 8 unspecified atom stereocenters. The summed E-state index contributed by atoms with van der Waals surface area (Å²) in [6.45, 7) is 14.0. The zero-order valence-corrected chi connectivity index (χ0v) is 42.3. The highest BCUT2D eigenvalue weighted by Crippen LogP contribution is 2.29. The second-order valence-electron chi connectivity index (χ2n) is 17.8. The van der Waals surface area contributed by atoms with Gasteiger partial charge < -0.3 is 55.0 Å². The molecular formula is C49H83N3O17. The molecule has 0 radical (unpaired) electrons. The van der Waals surface area contributed by atoms with E-state index in [1.54, 1.807) is 13.8 Å². The van der Waals surface area contributed by atoms with Gasteiger partial charge in [-0.1, -0.05) is 91.1 Å². The number of aliphatic carboxylic acids is 2. The number of unbranched alkanes of at least 4 members (excludes halogenated alkanes) is 12. The number of carbonyl (C=O) groups is 9. The van der Waals surface area contributed by atoms with Crippen molar-refractivity contribution in [1.29, 1.82) is 0 Å². The van der Waals surface area contributed by atoms with Crippen molar-refractivity contribution in [2.75, 3.05) is 6.54 Å². The molecule has 0 saturated heterocycles. The number of allylic oxidation sites excluding steroid dienone is 1. The summed E-state index contributed by atoms with van der Waals surface area (Å²) in [6.07, 6.45) is 4.29. The molecule has 1 amide bonds. The molecular weight excluding hydrogens is 903 g/mol. The highest BCUT2D eigenvalue weighted by atomic mass is 16.6. The Labute approximate surface area is 408 Å². The lowest BCUT2D eigenvalue weighted by Gasteiger charge is -2.40. The Morgan fingerprint density at radius 3 is 1.16 bits per heavy atom. The third-order valence-corrected chi connectivity index (χ3v) is 11.0. The number of amides is 1. The third kappa shape index (κ3) is 30.8. The highest BCUT2D eigenvalue weighted by Gasteiger charge is 2.50. The van der Waals surface area contributed by atoms with E-state index in [1.807, 2.05) is 0 Å². The quantitative estimate of drug-likeness (QED) is 0.0262. The molecule has 0 aliphatic rings. The van der Waals surface area contributed by atoms with Gasteiger partial charge >= 0.3 is 47.8 Å². The molecule has 0 spiro atoms. The summed E-state index contributed by atoms with van der Waals surface area (Å²) in [7, 11) is 0. The van der Waals surface area contributed by atoms with E-state index >= 15 is 0 Å². The van der Waals surface area contributed by atoms with Gasteiger partial charge in [-0.05, 0) is 63.8 Å². The SMILES string of the molecule is C=C(CCCCCCCCCCCCCCCC(OC(C)=O)C(OC(C)=O)C(OC(C)=O)C(OC(C)=O)C(OC(C)=O)C(CCCC(=O)NC(C(=O)O)C(C)C)OC(C)=O)NC(CCCN)C(=O)O. The fourth-order valence-electron chi connectivity index (χ4n) is 7.87. The van der Waals surface area contributed by atoms with Crippen LogP contribution >= 0.6 is 0 Å². The van der Waals surface area contributed by atoms with Crippen molar-refractivity contribution in [2.45, 2.75) is 233 Å². The molecule has 0 saturated carbocycles. The van der Waals surface area contributed by atoms with Crippen LogP contribution in [0.2, 0.25) is 0 Å². The topological polar surface area (TPSA) is 300 Å². The van der Waals surface area contributed by atoms with Crippen molar-refractivity contribution in [3.8, 4) is 0 Å². The molecule has 0 aromatic carbocycles. The molecule has 20 heteroatoms. The first-order valence-electron chi connectivity index (χ1n) is 24.4. The average Bonchev–Trinajstić information content (AvgIpc) is 3.23. The summed E-state index contributed by atoms with van der Waals surface area (Å²) in [5.41, 5.74) is 6.25. The predicted octanol–water partition coefficient (Wildman–Crippen LogP) is 6.12. The van der Waals surface area contributed by atoms with Gasteiger partial charge in [0, 0.05) is 53.7 Å². The van der Waals surface area contributed by atoms with Crippen LogP contribution in [0.25, 0.3) is 0 Å². The summed E-state index contributed by atoms with van der Waals surface area (Å²) in [4.78, 5) is 112. The maximum Gasteiger partial charge on any atom is 0.326 e. The van der Waals surface area contributed by atoms with Gasteiger partial charge in [0.15, 0.2) is 24.4 Å². The molecule has 8 atom stereocenters. The summed E-state index contributed by atoms with van der Waals surface area (Å²) in [5.74, 6) is -8.57. The van der Waals surface area contributed by atoms with Crippen LogP contribution in [-0.2, 0) is 71.6 Å². The fraction of sp³-hybridized carbons (Fsp3) is 0.776. The van der Waals surface area contributed by atoms with Gasteiger partial charge in [0.25, 0.3) is 0 Å². The summed E-state index contributed by atoms with van der Waals surface area (Å²) in [5, 5.41) is 24.3. The number of rotatable bonds is 40. The summed E-state index contributed by atoms with van der Waals surface area (Å²) in [6, 6.07) is -1.84. The lowest BCUT2D eigenvalue weighted by atomic mass is 9.91. The minimum absolute atomic E-state index is 0.0610. The molecule has 396 valence electrons. The standard InChI is InChI=1S/C49H83N3O17/c1-31(2)43(49(62)63)52-42(59)29-23-28-41(65-34(5)54)45(67-36(7)56)47(69-38(9)58)46(68-37(8)57)44(66-35(6)55)40(64-33(4)53)27-22-20-18-16-14-12-10-11-13-15-17-19-21-25-32(3)51-39(48(60)61)26-24-30-50/h31,39-41,43-47,51H,3,10-30,50H2,1-2,4-9H3,(H,52,59)(H,60,61)(H,62,63). The number of nitrogens with one attached hydrogen (secondary N) is 2. The number of carboxylic acid groups (broad SMARTS) is 2. The maximum absolute atomic E-state index is 12.8. The van der Waals surface area contributed by atoms with E-state index in [1.165, 1.54) is 0 Å². The van der Waals surface area contributed by atoms with Gasteiger partial charge in [-0.15, -0.1) is 0 Å². The van der Waals surface area contributed by atoms with Crippen LogP contribution in [0, 0.1) is 5.92 Å². The largest absolute Gasteiger partial charge is 0.480 e. The van der Waals surface area contributed by atoms with E-state index in [0.717, 1.165) is 124 Å². The molecule has 0 aromatic rings. The second-order valence-corrected chi connectivity index (χ2v) is 17.8. The van der Waals surface area contributed by atoms with Crippen LogP contribution < -0.4 is 16.4 Å². The third-order valence-electron chi connectivity index (χ3n) is 11.0. The van der Waals surface area contributed by atoms with Crippen LogP contribution in [0.1, 0.15) is 184 Å². The molecule has 0 heterocycles. The van der Waals surface area contributed by atoms with E-state index < -0.39 is 108 Å². The Kier molecular flexibility index (Phi) is 33.9. The zero-order valence-electron chi connectivity index (χ0n) is 42.3. The van der Waals surface area contributed by atoms with Crippen LogP contribution in [-0.4, -0.2) is 119 Å². The van der Waals surface area contributed by atoms with Crippen molar-refractivity contribution in [3.63, 3.8) is 0 Å². The first-order chi connectivity index (χ1) is 32.5. The maximum atomic E-state index is 12.8. The Morgan fingerprint density at radius 2 is 0.812 bits per heavy atom. The lowest BCUT2D eigenvalue weighted by molar-refractivity contribution is -0.219. The number of hydrogen-bond donors (Lipinski definition) is 5. The lowest BCUT2D eigenvalue weighted by Crippen LogP contribution is -2.58. The minimum atomic E-state index is -1.84. The van der Waals surface area contributed by atoms with Crippen LogP contribution in [0.4, 0.5) is 0 Å². The summed E-state index contributed by atoms with van der Waals surface area (Å²) < 4.78 is 33.9. The number of carboxylic acids is 2. The van der Waals surface area contributed by atoms with Gasteiger partial charge in [0.2, 0.25) is 5.91 Å². The Morgan fingerprint density at radius 1 is 0.449 bits per heavy atom. The number of nitrogens with two attached hydrogens (primary N) is 1. The van der Waals surface area contributed by atoms with Crippen molar-refractivity contribution < 1.29 is 81.8 Å². The van der Waals surface area contributed by atoms with E-state index in [4.69, 9.17) is 34.2 Å². The van der Waals surface area contributed by atoms with E-state index in [0.29, 0.717) is 32.2 Å². The van der Waals surface area contributed by atoms with Crippen LogP contribution in [0.3, 0.4) is 0 Å². The summed E-state index contributed by atoms with van der Waals surface area (Å²) >= 11 is 0. The molecule has 20 nitrogen and oxygen atoms in total. The monoisotopic (exact) mass is 986 g/mol. The van der Waals surface area contributed by atoms with Crippen molar-refractivity contribution in [2.24, 2.45) is 11.7 Å². The fourth-order valence-corrected chi connectivity index (χ4v) is 7.87. The second kappa shape index (κ2) is 36.7. The average molecular weight is 986 g/mol. The molecule has 0 aromatic heterocycles. The van der Waals surface area contributed by atoms with Crippen molar-refractivity contribution in [3.05, 3.63) is 12.3 Å². The van der Waals surface area contributed by atoms with Crippen molar-refractivity contribution >= 4 is 53.7 Å². The highest BCUT2D eigenvalue weighted by molar-refractivity contribution is 5.83. The predicted molar refractivity (Wildman–Crippen MR) is 253 cm³/mol. The van der Waals surface area contributed by atoms with E-state index in [-0.39, 0.29) is 25.7 Å². The van der Waals surface area contributed by atoms with Crippen LogP contribution in [0.15, 0.2) is 12.3 Å². The van der Waals surface area contributed by atoms with Crippen LogP contribution in [0.5, 0.6) is 0 Å². The number of hydrogen-bond acceptors (Lipinski definition) is 17. The van der Waals surface area contributed by atoms with Gasteiger partial charge in [0.05, 0.1) is 0 Å². The Balaban J connectivity index is 5.82. The van der Waals surface area contributed by atoms with Crippen molar-refractivity contribution in [1.82, 2.24) is 10.6 Å². The van der Waals surface area contributed by atoms with E-state index in [9.17, 15) is 53.4 Å². The number of carbonyl (C=O) groups excluding carboxylic acids is 7. The minimum Gasteiger partial charge on any atom is -0.480 e. The number of ether oxygens (including phenoxy) is 6. The number of esters is 6. The van der Waals surface area contributed by atoms with Gasteiger partial charge in [-0.25, -0.2) is 9.59 Å². The Bertz CT molecular complexity index is 1620. The van der Waals surface area contributed by atoms with Gasteiger partial charge in [-0.3, -0.25) is 33.6 Å². The molecule has 0 aliphatic carbocycles. The molecule has 0 fully saturated rings. The molecule has 0 rings (SSSR count). The molecule has 0 bridgehead atoms. The molecule has 6 N–H and O–H groups in total. The van der Waals surface area contributed by atoms with Gasteiger partial charge in [0.1, 0.15) is 24.3 Å². The molecule has 0 aliphatic heterocycles. The zero-order chi connectivity index (χ0) is 52.5. The first kappa shape index (κ1) is 63.7. The van der Waals surface area contributed by atoms with E-state index in [2.05, 4.69) is 17.2 Å². The normalized spacial score (nSPS) is 14.6.